The number of hydrogen-bond acceptors (Lipinski definition) is 4. The van der Waals surface area contributed by atoms with E-state index in [2.05, 4.69) is 39.9 Å². The molecule has 0 amide bonds. The van der Waals surface area contributed by atoms with Crippen LogP contribution in [0.2, 0.25) is 0 Å². The van der Waals surface area contributed by atoms with E-state index in [9.17, 15) is 0 Å². The second-order valence-corrected chi connectivity index (χ2v) is 7.05. The Morgan fingerprint density at radius 2 is 1.39 bits per heavy atom. The normalized spacial score (nSPS) is 12.9. The molecule has 4 rings (SSSR count). The Morgan fingerprint density at radius 1 is 0.871 bits per heavy atom. The molecule has 1 aliphatic rings. The van der Waals surface area contributed by atoms with Crippen molar-refractivity contribution in [3.05, 3.63) is 113 Å². The average Bonchev–Trinajstić information content (AvgIpc) is 3.60. The number of nitrogens with one attached hydrogen (secondary N) is 2. The number of anilines is 1. The third-order valence-corrected chi connectivity index (χ3v) is 4.64. The van der Waals surface area contributed by atoms with E-state index in [1.165, 1.54) is 17.5 Å². The lowest BCUT2D eigenvalue weighted by atomic mass is 10.1. The van der Waals surface area contributed by atoms with Gasteiger partial charge in [-0.2, -0.15) is 0 Å². The Bertz CT molecular complexity index is 932. The molecule has 0 bridgehead atoms. The molecule has 6 N–H and O–H groups in total. The first-order chi connectivity index (χ1) is 15.0. The Labute approximate surface area is 185 Å². The van der Waals surface area contributed by atoms with E-state index in [0.29, 0.717) is 11.5 Å². The van der Waals surface area contributed by atoms with Gasteiger partial charge in [-0.05, 0) is 43.7 Å². The molecule has 0 heterocycles. The molecule has 0 fully saturated rings. The van der Waals surface area contributed by atoms with Crippen LogP contribution in [0.15, 0.2) is 102 Å². The monoisotopic (exact) mass is 415 g/mol. The molecule has 0 spiro atoms. The zero-order chi connectivity index (χ0) is 22.5. The maximum atomic E-state index is 5.92. The number of fused-ring (bicyclic) bond motifs is 1. The fraction of sp³-hybridized carbons (Fsp3) is 0.192. The highest BCUT2D eigenvalue weighted by molar-refractivity contribution is 5.92. The number of allylic oxidation sites excluding steroid dienone is 1. The predicted octanol–water partition coefficient (Wildman–Crippen LogP) is 4.24. The molecule has 0 saturated heterocycles. The van der Waals surface area contributed by atoms with Crippen molar-refractivity contribution in [2.24, 2.45) is 10.7 Å². The fourth-order valence-corrected chi connectivity index (χ4v) is 2.75. The SMILES string of the molecule is CN/C(C)=C\C(N)=N\C(NC)c1ccccc1N.c1ccc2c(c1)C2.c1ccccc1. The number of benzene rings is 3. The van der Waals surface area contributed by atoms with Crippen LogP contribution in [0.25, 0.3) is 0 Å². The van der Waals surface area contributed by atoms with E-state index < -0.39 is 0 Å². The van der Waals surface area contributed by atoms with Crippen molar-refractivity contribution in [1.29, 1.82) is 0 Å². The molecule has 1 unspecified atom stereocenters. The molecule has 0 aromatic heterocycles. The molecular weight excluding hydrogens is 382 g/mol. The molecule has 0 aliphatic heterocycles. The standard InChI is InChI=1S/C13H21N5.C7H6.C6H6/c1-9(16-2)8-12(15)18-13(17-3)10-6-4-5-7-11(10)14;1-2-4-7-5-6(7)3-1;1-2-4-6-5-3-1/h4-8,13,16-17H,14H2,1-3H3,(H2,15,18);1-4H,5H2;1-6H/b9-8-;;. The predicted molar refractivity (Wildman–Crippen MR) is 133 cm³/mol. The maximum absolute atomic E-state index is 5.92. The van der Waals surface area contributed by atoms with Gasteiger partial charge >= 0.3 is 0 Å². The van der Waals surface area contributed by atoms with Gasteiger partial charge in [-0.1, -0.05) is 78.9 Å². The van der Waals surface area contributed by atoms with Crippen molar-refractivity contribution in [2.75, 3.05) is 19.8 Å². The summed E-state index contributed by atoms with van der Waals surface area (Å²) in [4.78, 5) is 4.40. The van der Waals surface area contributed by atoms with Gasteiger partial charge < -0.3 is 16.8 Å². The van der Waals surface area contributed by atoms with Crippen LogP contribution < -0.4 is 22.1 Å². The Morgan fingerprint density at radius 3 is 1.84 bits per heavy atom. The second kappa shape index (κ2) is 12.9. The molecular formula is C26H33N5. The van der Waals surface area contributed by atoms with Crippen LogP contribution in [0.4, 0.5) is 5.69 Å². The lowest BCUT2D eigenvalue weighted by molar-refractivity contribution is 0.627. The third-order valence-electron chi connectivity index (χ3n) is 4.64. The number of rotatable bonds is 5. The van der Waals surface area contributed by atoms with Crippen LogP contribution >= 0.6 is 0 Å². The summed E-state index contributed by atoms with van der Waals surface area (Å²) in [6.07, 6.45) is 2.78. The lowest BCUT2D eigenvalue weighted by Crippen LogP contribution is -2.21. The highest BCUT2D eigenvalue weighted by atomic mass is 15.1. The first-order valence-electron chi connectivity index (χ1n) is 10.3. The quantitative estimate of drug-likeness (QED) is 0.223. The van der Waals surface area contributed by atoms with Crippen LogP contribution in [-0.4, -0.2) is 19.9 Å². The van der Waals surface area contributed by atoms with E-state index in [1.807, 2.05) is 81.7 Å². The fourth-order valence-electron chi connectivity index (χ4n) is 2.75. The van der Waals surface area contributed by atoms with Crippen molar-refractivity contribution in [3.63, 3.8) is 0 Å². The number of para-hydroxylation sites is 1. The van der Waals surface area contributed by atoms with Gasteiger partial charge in [0, 0.05) is 24.0 Å². The van der Waals surface area contributed by atoms with Gasteiger partial charge in [-0.3, -0.25) is 5.32 Å². The van der Waals surface area contributed by atoms with Crippen molar-refractivity contribution in [3.8, 4) is 0 Å². The van der Waals surface area contributed by atoms with Crippen LogP contribution in [0.3, 0.4) is 0 Å². The van der Waals surface area contributed by atoms with E-state index >= 15 is 0 Å². The zero-order valence-corrected chi connectivity index (χ0v) is 18.5. The van der Waals surface area contributed by atoms with Crippen molar-refractivity contribution < 1.29 is 0 Å². The molecule has 0 radical (unpaired) electrons. The minimum Gasteiger partial charge on any atom is -0.398 e. The smallest absolute Gasteiger partial charge is 0.129 e. The van der Waals surface area contributed by atoms with Gasteiger partial charge in [-0.25, -0.2) is 4.99 Å². The van der Waals surface area contributed by atoms with Gasteiger partial charge in [0.05, 0.1) is 0 Å². The van der Waals surface area contributed by atoms with E-state index in [4.69, 9.17) is 11.5 Å². The first-order valence-corrected chi connectivity index (χ1v) is 10.3. The number of aliphatic imine (C=N–C) groups is 1. The molecule has 1 aliphatic carbocycles. The number of amidine groups is 1. The van der Waals surface area contributed by atoms with Gasteiger partial charge in [0.15, 0.2) is 0 Å². The number of hydrogen-bond donors (Lipinski definition) is 4. The Hall–Kier alpha value is -3.57. The summed E-state index contributed by atoms with van der Waals surface area (Å²) in [6.45, 7) is 1.92. The molecule has 5 heteroatoms. The summed E-state index contributed by atoms with van der Waals surface area (Å²) in [6, 6.07) is 28.1. The van der Waals surface area contributed by atoms with Crippen LogP contribution in [0, 0.1) is 0 Å². The van der Waals surface area contributed by atoms with Gasteiger partial charge in [0.2, 0.25) is 0 Å². The Balaban J connectivity index is 0.000000209. The lowest BCUT2D eigenvalue weighted by Gasteiger charge is -2.14. The molecule has 0 saturated carbocycles. The van der Waals surface area contributed by atoms with Gasteiger partial charge in [0.25, 0.3) is 0 Å². The van der Waals surface area contributed by atoms with Gasteiger partial charge in [-0.15, -0.1) is 0 Å². The minimum absolute atomic E-state index is 0.243. The molecule has 162 valence electrons. The third kappa shape index (κ3) is 8.76. The summed E-state index contributed by atoms with van der Waals surface area (Å²) in [5.74, 6) is 0.449. The molecule has 31 heavy (non-hydrogen) atoms. The van der Waals surface area contributed by atoms with Gasteiger partial charge in [0.1, 0.15) is 12.0 Å². The first kappa shape index (κ1) is 23.7. The van der Waals surface area contributed by atoms with Crippen molar-refractivity contribution in [1.82, 2.24) is 10.6 Å². The topological polar surface area (TPSA) is 88.5 Å². The Kier molecular flexibility index (Phi) is 9.85. The summed E-state index contributed by atoms with van der Waals surface area (Å²) >= 11 is 0. The average molecular weight is 416 g/mol. The summed E-state index contributed by atoms with van der Waals surface area (Å²) in [5, 5.41) is 6.08. The van der Waals surface area contributed by atoms with E-state index in [0.717, 1.165) is 11.3 Å². The van der Waals surface area contributed by atoms with Crippen LogP contribution in [0.1, 0.15) is 29.8 Å². The van der Waals surface area contributed by atoms with E-state index in [-0.39, 0.29) is 6.17 Å². The highest BCUT2D eigenvalue weighted by Gasteiger charge is 2.12. The minimum atomic E-state index is -0.243. The largest absolute Gasteiger partial charge is 0.398 e. The van der Waals surface area contributed by atoms with Crippen LogP contribution in [0.5, 0.6) is 0 Å². The summed E-state index contributed by atoms with van der Waals surface area (Å²) in [7, 11) is 3.66. The van der Waals surface area contributed by atoms with Crippen molar-refractivity contribution >= 4 is 11.5 Å². The van der Waals surface area contributed by atoms with E-state index in [1.54, 1.807) is 6.08 Å². The number of nitrogen functional groups attached to an aromatic ring is 1. The van der Waals surface area contributed by atoms with Crippen molar-refractivity contribution in [2.45, 2.75) is 19.5 Å². The summed E-state index contributed by atoms with van der Waals surface area (Å²) < 4.78 is 0. The zero-order valence-electron chi connectivity index (χ0n) is 18.5. The maximum Gasteiger partial charge on any atom is 0.129 e. The molecule has 3 aromatic rings. The molecule has 1 atom stereocenters. The summed E-state index contributed by atoms with van der Waals surface area (Å²) in [5.41, 5.74) is 17.4. The number of nitrogens with two attached hydrogens (primary N) is 2. The highest BCUT2D eigenvalue weighted by Crippen LogP contribution is 2.25. The molecule has 5 nitrogen and oxygen atoms in total. The molecule has 3 aromatic carbocycles. The number of nitrogens with zero attached hydrogens (tertiary/aromatic N) is 1. The van der Waals surface area contributed by atoms with Crippen LogP contribution in [-0.2, 0) is 6.42 Å². The second-order valence-electron chi connectivity index (χ2n) is 7.05.